The molecule has 21 heavy (non-hydrogen) atoms. The van der Waals surface area contributed by atoms with Crippen LogP contribution in [0.5, 0.6) is 0 Å². The molecule has 1 aliphatic heterocycles. The highest BCUT2D eigenvalue weighted by Gasteiger charge is 2.53. The van der Waals surface area contributed by atoms with Gasteiger partial charge in [0.1, 0.15) is 24.6 Å². The van der Waals surface area contributed by atoms with Crippen LogP contribution in [0.3, 0.4) is 0 Å². The van der Waals surface area contributed by atoms with Crippen LogP contribution in [0.2, 0.25) is 0 Å². The average molecular weight is 298 g/mol. The molecule has 1 saturated heterocycles. The number of rotatable bonds is 2. The second-order valence-corrected chi connectivity index (χ2v) is 4.76. The first-order valence-corrected chi connectivity index (χ1v) is 6.05. The highest BCUT2D eigenvalue weighted by atomic mass is 16.6. The molecule has 3 rings (SSSR count). The molecule has 0 aromatic carbocycles. The summed E-state index contributed by atoms with van der Waals surface area (Å²) >= 11 is 0. The van der Waals surface area contributed by atoms with Crippen molar-refractivity contribution in [2.24, 2.45) is 5.73 Å². The topological polar surface area (TPSA) is 186 Å². The van der Waals surface area contributed by atoms with Crippen LogP contribution in [0.4, 0.5) is 5.95 Å². The zero-order valence-corrected chi connectivity index (χ0v) is 10.7. The van der Waals surface area contributed by atoms with E-state index in [1.54, 1.807) is 0 Å². The Morgan fingerprint density at radius 2 is 2.24 bits per heavy atom. The number of nitrogens with one attached hydrogen (secondary N) is 1. The molecular formula is C10H14N6O5. The maximum atomic E-state index is 11.7. The van der Waals surface area contributed by atoms with Gasteiger partial charge in [-0.2, -0.15) is 4.98 Å². The van der Waals surface area contributed by atoms with E-state index in [1.807, 2.05) is 0 Å². The number of hydrogen-bond donors (Lipinski definition) is 6. The lowest BCUT2D eigenvalue weighted by Gasteiger charge is -2.28. The molecular weight excluding hydrogens is 284 g/mol. The molecule has 0 unspecified atom stereocenters. The number of nitrogens with zero attached hydrogens (tertiary/aromatic N) is 3. The summed E-state index contributed by atoms with van der Waals surface area (Å²) in [6.45, 7) is -0.542. The van der Waals surface area contributed by atoms with Gasteiger partial charge in [-0.15, -0.1) is 0 Å². The van der Waals surface area contributed by atoms with Crippen molar-refractivity contribution in [3.63, 3.8) is 0 Å². The van der Waals surface area contributed by atoms with Gasteiger partial charge in [0.15, 0.2) is 11.2 Å². The van der Waals surface area contributed by atoms with E-state index in [4.69, 9.17) is 21.3 Å². The van der Waals surface area contributed by atoms with Gasteiger partial charge in [0.05, 0.1) is 6.61 Å². The summed E-state index contributed by atoms with van der Waals surface area (Å²) in [5, 5.41) is 29.0. The molecule has 0 bridgehead atoms. The van der Waals surface area contributed by atoms with Crippen LogP contribution < -0.4 is 17.0 Å². The van der Waals surface area contributed by atoms with Crippen LogP contribution in [0, 0.1) is 0 Å². The van der Waals surface area contributed by atoms with Gasteiger partial charge in [-0.05, 0) is 0 Å². The third-order valence-electron chi connectivity index (χ3n) is 3.45. The average Bonchev–Trinajstić information content (AvgIpc) is 2.95. The lowest BCUT2D eigenvalue weighted by molar-refractivity contribution is -0.141. The maximum absolute atomic E-state index is 11.7. The third kappa shape index (κ3) is 1.83. The van der Waals surface area contributed by atoms with Gasteiger partial charge < -0.3 is 25.8 Å². The number of H-pyrrole nitrogens is 1. The number of aromatic amines is 1. The van der Waals surface area contributed by atoms with Crippen LogP contribution >= 0.6 is 0 Å². The first kappa shape index (κ1) is 13.9. The Labute approximate surface area is 116 Å². The number of aromatic nitrogens is 4. The van der Waals surface area contributed by atoms with Crippen LogP contribution in [0.1, 0.15) is 0 Å². The number of nitrogen functional groups attached to an aromatic ring is 1. The monoisotopic (exact) mass is 298 g/mol. The fourth-order valence-electron chi connectivity index (χ4n) is 2.36. The lowest BCUT2D eigenvalue weighted by atomic mass is 10.1. The summed E-state index contributed by atoms with van der Waals surface area (Å²) in [4.78, 5) is 21.7. The van der Waals surface area contributed by atoms with Crippen molar-refractivity contribution in [1.29, 1.82) is 0 Å². The molecule has 4 atom stereocenters. The summed E-state index contributed by atoms with van der Waals surface area (Å²) in [7, 11) is 0. The molecule has 114 valence electrons. The summed E-state index contributed by atoms with van der Waals surface area (Å²) in [5.41, 5.74) is 10.8. The summed E-state index contributed by atoms with van der Waals surface area (Å²) < 4.78 is 6.41. The second-order valence-electron chi connectivity index (χ2n) is 4.76. The number of fused-ring (bicyclic) bond motifs is 1. The number of aliphatic hydroxyl groups is 3. The Morgan fingerprint density at radius 1 is 1.52 bits per heavy atom. The van der Waals surface area contributed by atoms with Gasteiger partial charge in [0.25, 0.3) is 5.56 Å². The first-order chi connectivity index (χ1) is 9.88. The molecule has 1 aliphatic rings. The van der Waals surface area contributed by atoms with Crippen molar-refractivity contribution < 1.29 is 20.1 Å². The van der Waals surface area contributed by atoms with Crippen LogP contribution in [-0.2, 0) is 10.6 Å². The van der Waals surface area contributed by atoms with Crippen molar-refractivity contribution in [3.05, 3.63) is 16.7 Å². The van der Waals surface area contributed by atoms with E-state index in [1.165, 1.54) is 0 Å². The molecule has 0 radical (unpaired) electrons. The number of anilines is 1. The van der Waals surface area contributed by atoms with E-state index >= 15 is 0 Å². The predicted molar refractivity (Wildman–Crippen MR) is 68.7 cm³/mol. The smallest absolute Gasteiger partial charge is 0.280 e. The largest absolute Gasteiger partial charge is 0.394 e. The minimum atomic E-state index is -1.94. The minimum Gasteiger partial charge on any atom is -0.394 e. The first-order valence-electron chi connectivity index (χ1n) is 6.05. The zero-order chi connectivity index (χ0) is 15.4. The van der Waals surface area contributed by atoms with Crippen LogP contribution in [0.15, 0.2) is 11.1 Å². The molecule has 3 heterocycles. The molecule has 0 aliphatic carbocycles. The summed E-state index contributed by atoms with van der Waals surface area (Å²) in [6.07, 6.45) is -2.91. The highest BCUT2D eigenvalue weighted by Crippen LogP contribution is 2.32. The normalized spacial score (nSPS) is 32.9. The molecule has 11 heteroatoms. The number of aliphatic hydroxyl groups excluding tert-OH is 3. The molecule has 2 aromatic heterocycles. The highest BCUT2D eigenvalue weighted by molar-refractivity contribution is 5.70. The molecule has 0 saturated carbocycles. The molecule has 8 N–H and O–H groups in total. The van der Waals surface area contributed by atoms with E-state index in [0.717, 1.165) is 10.9 Å². The van der Waals surface area contributed by atoms with E-state index in [2.05, 4.69) is 15.0 Å². The SMILES string of the molecule is Nc1nc2c(ncn2[C@]2(N)O[C@H](CO)[C@@H](O)[C@H]2O)c(=O)[nH]1. The Bertz CT molecular complexity index is 743. The van der Waals surface area contributed by atoms with Crippen LogP contribution in [0.25, 0.3) is 11.2 Å². The van der Waals surface area contributed by atoms with Gasteiger partial charge >= 0.3 is 0 Å². The standard InChI is InChI=1S/C10H14N6O5/c11-9-14-7-4(8(20)15-9)13-2-16(7)10(12)6(19)5(18)3(1-17)21-10/h2-3,5-6,17-19H,1,12H2,(H3,11,14,15,20)/t3-,5-,6-,10+/m1/s1. The Balaban J connectivity index is 2.19. The quantitative estimate of drug-likeness (QED) is 0.325. The maximum Gasteiger partial charge on any atom is 0.280 e. The molecule has 1 fully saturated rings. The Hall–Kier alpha value is -2.05. The number of nitrogens with two attached hydrogens (primary N) is 2. The van der Waals surface area contributed by atoms with Gasteiger partial charge in [-0.1, -0.05) is 0 Å². The van der Waals surface area contributed by atoms with E-state index in [9.17, 15) is 15.0 Å². The minimum absolute atomic E-state index is 0.0106. The lowest BCUT2D eigenvalue weighted by Crippen LogP contribution is -2.52. The Morgan fingerprint density at radius 3 is 2.86 bits per heavy atom. The summed E-state index contributed by atoms with van der Waals surface area (Å²) in [5.74, 6) is -2.10. The van der Waals surface area contributed by atoms with E-state index in [0.29, 0.717) is 0 Å². The van der Waals surface area contributed by atoms with E-state index in [-0.39, 0.29) is 17.1 Å². The van der Waals surface area contributed by atoms with Crippen LogP contribution in [-0.4, -0.2) is 59.8 Å². The van der Waals surface area contributed by atoms with Gasteiger partial charge in [-0.3, -0.25) is 20.1 Å². The third-order valence-corrected chi connectivity index (χ3v) is 3.45. The fraction of sp³-hybridized carbons (Fsp3) is 0.500. The fourth-order valence-corrected chi connectivity index (χ4v) is 2.36. The number of hydrogen-bond acceptors (Lipinski definition) is 9. The number of ether oxygens (including phenoxy) is 1. The summed E-state index contributed by atoms with van der Waals surface area (Å²) in [6, 6.07) is 0. The van der Waals surface area contributed by atoms with Crippen molar-refractivity contribution in [1.82, 2.24) is 19.5 Å². The molecule has 0 amide bonds. The zero-order valence-electron chi connectivity index (χ0n) is 10.7. The Kier molecular flexibility index (Phi) is 2.96. The van der Waals surface area contributed by atoms with Crippen molar-refractivity contribution >= 4 is 17.1 Å². The predicted octanol–water partition coefficient (Wildman–Crippen LogP) is -3.62. The van der Waals surface area contributed by atoms with E-state index < -0.39 is 36.3 Å². The van der Waals surface area contributed by atoms with Gasteiger partial charge in [0.2, 0.25) is 11.8 Å². The number of imidazole rings is 1. The van der Waals surface area contributed by atoms with Crippen molar-refractivity contribution in [2.75, 3.05) is 12.3 Å². The molecule has 11 nitrogen and oxygen atoms in total. The second kappa shape index (κ2) is 4.47. The van der Waals surface area contributed by atoms with Gasteiger partial charge in [-0.25, -0.2) is 4.98 Å². The van der Waals surface area contributed by atoms with Gasteiger partial charge in [0, 0.05) is 0 Å². The molecule has 0 spiro atoms. The molecule has 2 aromatic rings. The van der Waals surface area contributed by atoms with Crippen molar-refractivity contribution in [3.8, 4) is 0 Å². The van der Waals surface area contributed by atoms with Crippen molar-refractivity contribution in [2.45, 2.75) is 24.2 Å².